The van der Waals surface area contributed by atoms with Crippen molar-refractivity contribution in [1.82, 2.24) is 15.5 Å². The molecule has 0 aliphatic heterocycles. The Hall–Kier alpha value is -3.09. The zero-order valence-electron chi connectivity index (χ0n) is 14.8. The van der Waals surface area contributed by atoms with Gasteiger partial charge in [0.05, 0.1) is 6.04 Å². The number of hydrogen-bond acceptors (Lipinski definition) is 4. The first-order chi connectivity index (χ1) is 13.0. The van der Waals surface area contributed by atoms with E-state index in [0.29, 0.717) is 30.2 Å². The second kappa shape index (κ2) is 8.53. The molecule has 5 nitrogen and oxygen atoms in total. The predicted octanol–water partition coefficient (Wildman–Crippen LogP) is 4.21. The average molecular weight is 371 g/mol. The van der Waals surface area contributed by atoms with Crippen LogP contribution in [0.5, 0.6) is 0 Å². The second-order valence-corrected chi connectivity index (χ2v) is 6.18. The highest BCUT2D eigenvalue weighted by Crippen LogP contribution is 2.18. The minimum absolute atomic E-state index is 0.185. The third-order valence-corrected chi connectivity index (χ3v) is 4.10. The Morgan fingerprint density at radius 2 is 1.89 bits per heavy atom. The summed E-state index contributed by atoms with van der Waals surface area (Å²) in [5, 5.41) is 10.8. The van der Waals surface area contributed by atoms with Gasteiger partial charge in [0.1, 0.15) is 0 Å². The fraction of sp³-hybridized carbons (Fsp3) is 0.250. The minimum Gasteiger partial charge on any atom is -0.421 e. The highest BCUT2D eigenvalue weighted by Gasteiger charge is 2.13. The van der Waals surface area contributed by atoms with Crippen LogP contribution in [0.25, 0.3) is 11.5 Å². The molecule has 1 amide bonds. The highest BCUT2D eigenvalue weighted by molar-refractivity contribution is 5.76. The molecule has 7 heteroatoms. The average Bonchev–Trinajstić information content (AvgIpc) is 3.13. The quantitative estimate of drug-likeness (QED) is 0.675. The van der Waals surface area contributed by atoms with Crippen LogP contribution in [0.1, 0.15) is 37.3 Å². The van der Waals surface area contributed by atoms with Gasteiger partial charge in [0.15, 0.2) is 11.6 Å². The Labute approximate surface area is 155 Å². The summed E-state index contributed by atoms with van der Waals surface area (Å²) < 4.78 is 31.9. The van der Waals surface area contributed by atoms with Crippen molar-refractivity contribution in [2.75, 3.05) is 0 Å². The summed E-state index contributed by atoms with van der Waals surface area (Å²) in [7, 11) is 0. The van der Waals surface area contributed by atoms with Gasteiger partial charge in [0.2, 0.25) is 17.7 Å². The van der Waals surface area contributed by atoms with Gasteiger partial charge >= 0.3 is 0 Å². The normalized spacial score (nSPS) is 12.0. The third-order valence-electron chi connectivity index (χ3n) is 4.10. The van der Waals surface area contributed by atoms with E-state index in [4.69, 9.17) is 4.42 Å². The van der Waals surface area contributed by atoms with Crippen LogP contribution in [0.15, 0.2) is 52.9 Å². The van der Waals surface area contributed by atoms with E-state index in [2.05, 4.69) is 15.5 Å². The van der Waals surface area contributed by atoms with E-state index in [9.17, 15) is 13.6 Å². The lowest BCUT2D eigenvalue weighted by Gasteiger charge is -2.14. The molecule has 2 aromatic carbocycles. The van der Waals surface area contributed by atoms with Crippen LogP contribution in [0, 0.1) is 11.6 Å². The van der Waals surface area contributed by atoms with Crippen molar-refractivity contribution in [2.24, 2.45) is 0 Å². The smallest absolute Gasteiger partial charge is 0.247 e. The zero-order valence-corrected chi connectivity index (χ0v) is 14.8. The third kappa shape index (κ3) is 4.97. The molecule has 140 valence electrons. The predicted molar refractivity (Wildman–Crippen MR) is 95.6 cm³/mol. The molecule has 0 radical (unpaired) electrons. The van der Waals surface area contributed by atoms with Crippen LogP contribution in [0.3, 0.4) is 0 Å². The van der Waals surface area contributed by atoms with E-state index in [-0.39, 0.29) is 12.3 Å². The van der Waals surface area contributed by atoms with Crippen molar-refractivity contribution in [2.45, 2.75) is 32.2 Å². The molecule has 1 aromatic heterocycles. The number of halogens is 2. The van der Waals surface area contributed by atoms with Crippen molar-refractivity contribution in [3.63, 3.8) is 0 Å². The summed E-state index contributed by atoms with van der Waals surface area (Å²) in [5.41, 5.74) is 1.35. The standard InChI is InChI=1S/C20H19F2N3O2/c1-13(15-10-11-16(21)17(22)12-15)23-18(26)8-5-9-19-24-25-20(27-19)14-6-3-2-4-7-14/h2-4,6-7,10-13H,5,8-9H2,1H3,(H,23,26)/t13-/m1/s1. The summed E-state index contributed by atoms with van der Waals surface area (Å²) in [6, 6.07) is 12.6. The van der Waals surface area contributed by atoms with Crippen molar-refractivity contribution in [1.29, 1.82) is 0 Å². The monoisotopic (exact) mass is 371 g/mol. The number of nitrogens with zero attached hydrogens (tertiary/aromatic N) is 2. The Kier molecular flexibility index (Phi) is 5.90. The number of nitrogens with one attached hydrogen (secondary N) is 1. The number of benzene rings is 2. The molecule has 0 saturated heterocycles. The molecule has 1 atom stereocenters. The molecule has 1 heterocycles. The summed E-state index contributed by atoms with van der Waals surface area (Å²) in [6.07, 6.45) is 1.27. The molecule has 3 rings (SSSR count). The molecule has 0 spiro atoms. The number of amides is 1. The number of hydrogen-bond donors (Lipinski definition) is 1. The molecule has 0 fully saturated rings. The number of carbonyl (C=O) groups excluding carboxylic acids is 1. The lowest BCUT2D eigenvalue weighted by molar-refractivity contribution is -0.121. The van der Waals surface area contributed by atoms with Crippen molar-refractivity contribution in [3.8, 4) is 11.5 Å². The van der Waals surface area contributed by atoms with Gasteiger partial charge in [0.25, 0.3) is 0 Å². The zero-order chi connectivity index (χ0) is 19.2. The fourth-order valence-electron chi connectivity index (χ4n) is 2.63. The second-order valence-electron chi connectivity index (χ2n) is 6.18. The van der Waals surface area contributed by atoms with Gasteiger partial charge in [-0.2, -0.15) is 0 Å². The molecule has 0 saturated carbocycles. The molecular weight excluding hydrogens is 352 g/mol. The maximum atomic E-state index is 13.3. The number of carbonyl (C=O) groups is 1. The number of aryl methyl sites for hydroxylation is 1. The summed E-state index contributed by atoms with van der Waals surface area (Å²) in [5.74, 6) is -1.11. The first kappa shape index (κ1) is 18.7. The minimum atomic E-state index is -0.931. The van der Waals surface area contributed by atoms with Crippen LogP contribution in [0.2, 0.25) is 0 Å². The largest absolute Gasteiger partial charge is 0.421 e. The van der Waals surface area contributed by atoms with Gasteiger partial charge in [-0.3, -0.25) is 4.79 Å². The van der Waals surface area contributed by atoms with Gasteiger partial charge in [-0.25, -0.2) is 8.78 Å². The van der Waals surface area contributed by atoms with Gasteiger partial charge in [-0.05, 0) is 43.2 Å². The highest BCUT2D eigenvalue weighted by atomic mass is 19.2. The van der Waals surface area contributed by atoms with E-state index in [0.717, 1.165) is 17.7 Å². The maximum Gasteiger partial charge on any atom is 0.247 e. The Morgan fingerprint density at radius 1 is 1.11 bits per heavy atom. The SMILES string of the molecule is C[C@@H](NC(=O)CCCc1nnc(-c2ccccc2)o1)c1ccc(F)c(F)c1. The summed E-state index contributed by atoms with van der Waals surface area (Å²) in [4.78, 5) is 12.0. The Morgan fingerprint density at radius 3 is 2.63 bits per heavy atom. The van der Waals surface area contributed by atoms with Gasteiger partial charge in [-0.15, -0.1) is 10.2 Å². The number of rotatable bonds is 7. The van der Waals surface area contributed by atoms with Gasteiger partial charge in [-0.1, -0.05) is 24.3 Å². The molecule has 1 N–H and O–H groups in total. The van der Waals surface area contributed by atoms with Crippen LogP contribution in [-0.4, -0.2) is 16.1 Å². The Balaban J connectivity index is 1.47. The molecule has 3 aromatic rings. The van der Waals surface area contributed by atoms with Gasteiger partial charge < -0.3 is 9.73 Å². The first-order valence-corrected chi connectivity index (χ1v) is 8.65. The van der Waals surface area contributed by atoms with Crippen LogP contribution < -0.4 is 5.32 Å². The topological polar surface area (TPSA) is 68.0 Å². The first-order valence-electron chi connectivity index (χ1n) is 8.65. The van der Waals surface area contributed by atoms with Crippen molar-refractivity contribution < 1.29 is 18.0 Å². The summed E-state index contributed by atoms with van der Waals surface area (Å²) >= 11 is 0. The lowest BCUT2D eigenvalue weighted by Crippen LogP contribution is -2.26. The molecule has 27 heavy (non-hydrogen) atoms. The van der Waals surface area contributed by atoms with Crippen molar-refractivity contribution in [3.05, 3.63) is 71.6 Å². The number of aromatic nitrogens is 2. The fourth-order valence-corrected chi connectivity index (χ4v) is 2.63. The van der Waals surface area contributed by atoms with Crippen LogP contribution in [0.4, 0.5) is 8.78 Å². The van der Waals surface area contributed by atoms with Crippen molar-refractivity contribution >= 4 is 5.91 Å². The van der Waals surface area contributed by atoms with E-state index < -0.39 is 17.7 Å². The van der Waals surface area contributed by atoms with E-state index >= 15 is 0 Å². The maximum absolute atomic E-state index is 13.3. The van der Waals surface area contributed by atoms with E-state index in [1.165, 1.54) is 6.07 Å². The molecular formula is C20H19F2N3O2. The molecule has 0 bridgehead atoms. The Bertz CT molecular complexity index is 913. The molecule has 0 aliphatic rings. The van der Waals surface area contributed by atoms with Crippen LogP contribution in [-0.2, 0) is 11.2 Å². The lowest BCUT2D eigenvalue weighted by atomic mass is 10.1. The molecule has 0 aliphatic carbocycles. The van der Waals surface area contributed by atoms with E-state index in [1.54, 1.807) is 6.92 Å². The molecule has 0 unspecified atom stereocenters. The van der Waals surface area contributed by atoms with Gasteiger partial charge in [0, 0.05) is 18.4 Å². The van der Waals surface area contributed by atoms with E-state index in [1.807, 2.05) is 30.3 Å². The van der Waals surface area contributed by atoms with Crippen LogP contribution >= 0.6 is 0 Å². The summed E-state index contributed by atoms with van der Waals surface area (Å²) in [6.45, 7) is 1.72.